The third-order valence-corrected chi connectivity index (χ3v) is 1.90. The zero-order valence-electron chi connectivity index (χ0n) is 6.97. The minimum atomic E-state index is -5.03. The van der Waals surface area contributed by atoms with E-state index >= 15 is 0 Å². The number of aliphatic carboxylic acids is 1. The summed E-state index contributed by atoms with van der Waals surface area (Å²) < 4.78 is 35.3. The van der Waals surface area contributed by atoms with E-state index in [1.807, 2.05) is 0 Å². The highest BCUT2D eigenvalue weighted by Crippen LogP contribution is 2.33. The second kappa shape index (κ2) is 3.47. The Morgan fingerprint density at radius 1 is 1.36 bits per heavy atom. The molecule has 0 saturated heterocycles. The van der Waals surface area contributed by atoms with Crippen molar-refractivity contribution in [1.29, 1.82) is 0 Å². The molecule has 1 fully saturated rings. The molecule has 1 saturated carbocycles. The van der Waals surface area contributed by atoms with Gasteiger partial charge in [-0.2, -0.15) is 13.2 Å². The topological polar surface area (TPSA) is 66.4 Å². The van der Waals surface area contributed by atoms with Crippen molar-refractivity contribution in [2.45, 2.75) is 25.1 Å². The quantitative estimate of drug-likeness (QED) is 0.715. The van der Waals surface area contributed by atoms with E-state index < -0.39 is 24.1 Å². The maximum atomic E-state index is 11.8. The zero-order valence-corrected chi connectivity index (χ0v) is 6.97. The van der Waals surface area contributed by atoms with E-state index in [0.29, 0.717) is 12.8 Å². The Morgan fingerprint density at radius 3 is 2.14 bits per heavy atom. The van der Waals surface area contributed by atoms with Crippen LogP contribution in [0.4, 0.5) is 13.2 Å². The predicted octanol–water partition coefficient (Wildman–Crippen LogP) is 0.528. The smallest absolute Gasteiger partial charge is 0.471 e. The highest BCUT2D eigenvalue weighted by atomic mass is 19.4. The molecule has 4 nitrogen and oxygen atoms in total. The Bertz CT molecular complexity index is 259. The lowest BCUT2D eigenvalue weighted by atomic mass is 10.2. The van der Waals surface area contributed by atoms with Gasteiger partial charge in [-0.25, -0.2) is 4.79 Å². The van der Waals surface area contributed by atoms with Crippen molar-refractivity contribution in [1.82, 2.24) is 5.32 Å². The minimum absolute atomic E-state index is 0.362. The number of amides is 1. The van der Waals surface area contributed by atoms with Crippen LogP contribution < -0.4 is 5.32 Å². The molecule has 1 atom stereocenters. The highest BCUT2D eigenvalue weighted by Gasteiger charge is 2.44. The first kappa shape index (κ1) is 10.8. The molecular formula is C7H8F3NO3. The molecule has 2 N–H and O–H groups in total. The van der Waals surface area contributed by atoms with Crippen molar-refractivity contribution in [3.05, 3.63) is 0 Å². The summed E-state index contributed by atoms with van der Waals surface area (Å²) in [6.45, 7) is 0. The molecule has 0 spiro atoms. The van der Waals surface area contributed by atoms with E-state index in [4.69, 9.17) is 5.11 Å². The first-order valence-corrected chi connectivity index (χ1v) is 3.93. The number of carboxylic acids is 1. The van der Waals surface area contributed by atoms with Gasteiger partial charge in [-0.15, -0.1) is 0 Å². The summed E-state index contributed by atoms with van der Waals surface area (Å²) in [6.07, 6.45) is -3.95. The number of halogens is 3. The molecule has 1 aliphatic rings. The summed E-state index contributed by atoms with van der Waals surface area (Å²) in [4.78, 5) is 20.9. The lowest BCUT2D eigenvalue weighted by Gasteiger charge is -2.14. The standard InChI is InChI=1S/C7H8F3NO3/c8-7(9,10)6(14)11-4(5(12)13)3-1-2-3/h3-4H,1-2H2,(H,11,14)(H,12,13)/t4-/m0/s1. The molecule has 0 bridgehead atoms. The largest absolute Gasteiger partial charge is 0.480 e. The van der Waals surface area contributed by atoms with Gasteiger partial charge in [-0.1, -0.05) is 0 Å². The SMILES string of the molecule is O=C(O)[C@@H](NC(=O)C(F)(F)F)C1CC1. The Morgan fingerprint density at radius 2 is 1.86 bits per heavy atom. The summed E-state index contributed by atoms with van der Waals surface area (Å²) in [6, 6.07) is -1.41. The summed E-state index contributed by atoms with van der Waals surface area (Å²) >= 11 is 0. The van der Waals surface area contributed by atoms with Gasteiger partial charge in [-0.3, -0.25) is 4.79 Å². The van der Waals surface area contributed by atoms with Crippen molar-refractivity contribution < 1.29 is 27.9 Å². The number of rotatable bonds is 3. The fraction of sp³-hybridized carbons (Fsp3) is 0.714. The normalized spacial score (nSPS) is 18.8. The van der Waals surface area contributed by atoms with E-state index in [1.54, 1.807) is 0 Å². The average Bonchev–Trinajstić information content (AvgIpc) is 2.79. The van der Waals surface area contributed by atoms with Crippen LogP contribution in [0.5, 0.6) is 0 Å². The van der Waals surface area contributed by atoms with Crippen LogP contribution in [0.2, 0.25) is 0 Å². The van der Waals surface area contributed by atoms with E-state index in [-0.39, 0.29) is 5.92 Å². The monoisotopic (exact) mass is 211 g/mol. The van der Waals surface area contributed by atoms with E-state index in [1.165, 1.54) is 5.32 Å². The van der Waals surface area contributed by atoms with Crippen LogP contribution in [0.1, 0.15) is 12.8 Å². The molecule has 1 amide bonds. The average molecular weight is 211 g/mol. The van der Waals surface area contributed by atoms with Crippen LogP contribution >= 0.6 is 0 Å². The maximum Gasteiger partial charge on any atom is 0.471 e. The number of carboxylic acid groups (broad SMARTS) is 1. The second-order valence-corrected chi connectivity index (χ2v) is 3.12. The molecule has 1 aliphatic carbocycles. The molecule has 14 heavy (non-hydrogen) atoms. The van der Waals surface area contributed by atoms with Crippen LogP contribution in [0.3, 0.4) is 0 Å². The van der Waals surface area contributed by atoms with Crippen LogP contribution in [-0.4, -0.2) is 29.2 Å². The van der Waals surface area contributed by atoms with E-state index in [0.717, 1.165) is 0 Å². The molecule has 0 aromatic rings. The third kappa shape index (κ3) is 2.61. The molecule has 0 aliphatic heterocycles. The number of nitrogens with one attached hydrogen (secondary N) is 1. The van der Waals surface area contributed by atoms with Gasteiger partial charge in [0, 0.05) is 0 Å². The van der Waals surface area contributed by atoms with Gasteiger partial charge in [0.1, 0.15) is 6.04 Å². The molecule has 0 heterocycles. The highest BCUT2D eigenvalue weighted by molar-refractivity contribution is 5.87. The van der Waals surface area contributed by atoms with Crippen molar-refractivity contribution in [3.8, 4) is 0 Å². The van der Waals surface area contributed by atoms with Gasteiger partial charge in [0.05, 0.1) is 0 Å². The fourth-order valence-electron chi connectivity index (χ4n) is 1.03. The zero-order chi connectivity index (χ0) is 10.9. The van der Waals surface area contributed by atoms with E-state index in [2.05, 4.69) is 0 Å². The minimum Gasteiger partial charge on any atom is -0.480 e. The molecule has 0 radical (unpaired) electrons. The van der Waals surface area contributed by atoms with Gasteiger partial charge in [-0.05, 0) is 18.8 Å². The summed E-state index contributed by atoms with van der Waals surface area (Å²) in [5.74, 6) is -3.99. The van der Waals surface area contributed by atoms with Gasteiger partial charge >= 0.3 is 18.1 Å². The van der Waals surface area contributed by atoms with Crippen molar-refractivity contribution >= 4 is 11.9 Å². The Hall–Kier alpha value is -1.27. The Labute approximate surface area is 77.1 Å². The predicted molar refractivity (Wildman–Crippen MR) is 38.3 cm³/mol. The van der Waals surface area contributed by atoms with Crippen molar-refractivity contribution in [2.24, 2.45) is 5.92 Å². The molecule has 7 heteroatoms. The molecule has 80 valence electrons. The van der Waals surface area contributed by atoms with Crippen LogP contribution in [0, 0.1) is 5.92 Å². The Balaban J connectivity index is 2.56. The summed E-state index contributed by atoms with van der Waals surface area (Å²) in [5.41, 5.74) is 0. The first-order valence-electron chi connectivity index (χ1n) is 3.93. The number of hydrogen-bond acceptors (Lipinski definition) is 2. The lowest BCUT2D eigenvalue weighted by molar-refractivity contribution is -0.175. The van der Waals surface area contributed by atoms with Crippen LogP contribution in [-0.2, 0) is 9.59 Å². The van der Waals surface area contributed by atoms with E-state index in [9.17, 15) is 22.8 Å². The second-order valence-electron chi connectivity index (χ2n) is 3.12. The molecular weight excluding hydrogens is 203 g/mol. The number of carbonyl (C=O) groups is 2. The number of carbonyl (C=O) groups excluding carboxylic acids is 1. The fourth-order valence-corrected chi connectivity index (χ4v) is 1.03. The molecule has 0 aromatic heterocycles. The molecule has 0 unspecified atom stereocenters. The van der Waals surface area contributed by atoms with Crippen LogP contribution in [0.15, 0.2) is 0 Å². The number of hydrogen-bond donors (Lipinski definition) is 2. The van der Waals surface area contributed by atoms with Crippen LogP contribution in [0.25, 0.3) is 0 Å². The third-order valence-electron chi connectivity index (χ3n) is 1.90. The Kier molecular flexibility index (Phi) is 2.68. The lowest BCUT2D eigenvalue weighted by Crippen LogP contribution is -2.47. The van der Waals surface area contributed by atoms with Gasteiger partial charge in [0.25, 0.3) is 0 Å². The number of alkyl halides is 3. The van der Waals surface area contributed by atoms with Gasteiger partial charge in [0.15, 0.2) is 0 Å². The summed E-state index contributed by atoms with van der Waals surface area (Å²) in [5, 5.41) is 9.97. The van der Waals surface area contributed by atoms with Gasteiger partial charge < -0.3 is 10.4 Å². The molecule has 1 rings (SSSR count). The van der Waals surface area contributed by atoms with Crippen molar-refractivity contribution in [2.75, 3.05) is 0 Å². The summed E-state index contributed by atoms with van der Waals surface area (Å²) in [7, 11) is 0. The van der Waals surface area contributed by atoms with Crippen molar-refractivity contribution in [3.63, 3.8) is 0 Å². The first-order chi connectivity index (χ1) is 6.32. The maximum absolute atomic E-state index is 11.8. The van der Waals surface area contributed by atoms with Gasteiger partial charge in [0.2, 0.25) is 0 Å². The molecule has 0 aromatic carbocycles.